The number of aromatic hydroxyl groups is 1. The molecule has 27 heavy (non-hydrogen) atoms. The summed E-state index contributed by atoms with van der Waals surface area (Å²) in [6.07, 6.45) is 0.261. The SMILES string of the molecule is Cc1ccc(CC(=O)OCc2cc(C(C)(C)C)c(O)c(C(C)(C)C)c2)cc1. The second-order valence-electron chi connectivity index (χ2n) is 9.36. The summed E-state index contributed by atoms with van der Waals surface area (Å²) < 4.78 is 5.52. The van der Waals surface area contributed by atoms with Gasteiger partial charge < -0.3 is 9.84 Å². The topological polar surface area (TPSA) is 46.5 Å². The van der Waals surface area contributed by atoms with Gasteiger partial charge in [-0.25, -0.2) is 0 Å². The zero-order valence-electron chi connectivity index (χ0n) is 17.6. The van der Waals surface area contributed by atoms with E-state index in [2.05, 4.69) is 41.5 Å². The van der Waals surface area contributed by atoms with Gasteiger partial charge in [0, 0.05) is 0 Å². The normalized spacial score (nSPS) is 12.1. The molecular formula is C24H32O3. The Kier molecular flexibility index (Phi) is 6.04. The lowest BCUT2D eigenvalue weighted by atomic mass is 9.78. The van der Waals surface area contributed by atoms with Crippen LogP contribution in [0.3, 0.4) is 0 Å². The van der Waals surface area contributed by atoms with Gasteiger partial charge in [0.05, 0.1) is 6.42 Å². The van der Waals surface area contributed by atoms with Gasteiger partial charge >= 0.3 is 5.97 Å². The molecule has 0 aliphatic carbocycles. The number of carbonyl (C=O) groups is 1. The summed E-state index contributed by atoms with van der Waals surface area (Å²) in [7, 11) is 0. The van der Waals surface area contributed by atoms with Gasteiger partial charge in [0.25, 0.3) is 0 Å². The fraction of sp³-hybridized carbons (Fsp3) is 0.458. The van der Waals surface area contributed by atoms with E-state index in [0.29, 0.717) is 5.75 Å². The molecule has 0 atom stereocenters. The van der Waals surface area contributed by atoms with Crippen molar-refractivity contribution >= 4 is 5.97 Å². The summed E-state index contributed by atoms with van der Waals surface area (Å²) >= 11 is 0. The van der Waals surface area contributed by atoms with Crippen LogP contribution >= 0.6 is 0 Å². The predicted octanol–water partition coefficient (Wildman–Crippen LogP) is 5.58. The van der Waals surface area contributed by atoms with Crippen molar-refractivity contribution in [1.82, 2.24) is 0 Å². The second-order valence-corrected chi connectivity index (χ2v) is 9.36. The zero-order valence-corrected chi connectivity index (χ0v) is 17.6. The number of esters is 1. The smallest absolute Gasteiger partial charge is 0.310 e. The molecule has 0 spiro atoms. The average molecular weight is 369 g/mol. The number of phenolic OH excluding ortho intramolecular Hbond substituents is 1. The van der Waals surface area contributed by atoms with E-state index in [9.17, 15) is 9.90 Å². The zero-order chi connectivity index (χ0) is 20.4. The Bertz CT molecular complexity index is 768. The van der Waals surface area contributed by atoms with Crippen LogP contribution in [-0.4, -0.2) is 11.1 Å². The monoisotopic (exact) mass is 368 g/mol. The first kappa shape index (κ1) is 21.0. The number of aryl methyl sites for hydroxylation is 1. The fourth-order valence-corrected chi connectivity index (χ4v) is 3.01. The maximum Gasteiger partial charge on any atom is 0.310 e. The van der Waals surface area contributed by atoms with Crippen LogP contribution < -0.4 is 0 Å². The molecule has 146 valence electrons. The Morgan fingerprint density at radius 1 is 0.889 bits per heavy atom. The van der Waals surface area contributed by atoms with E-state index >= 15 is 0 Å². The first-order chi connectivity index (χ1) is 12.4. The number of rotatable bonds is 4. The minimum Gasteiger partial charge on any atom is -0.507 e. The molecule has 0 radical (unpaired) electrons. The first-order valence-electron chi connectivity index (χ1n) is 9.46. The van der Waals surface area contributed by atoms with Crippen molar-refractivity contribution in [1.29, 1.82) is 0 Å². The third kappa shape index (κ3) is 5.59. The molecule has 1 N–H and O–H groups in total. The number of ether oxygens (including phenoxy) is 1. The van der Waals surface area contributed by atoms with Crippen LogP contribution in [0.4, 0.5) is 0 Å². The molecule has 0 aliphatic heterocycles. The van der Waals surface area contributed by atoms with Crippen LogP contribution in [0.1, 0.15) is 69.4 Å². The Morgan fingerprint density at radius 3 is 1.81 bits per heavy atom. The van der Waals surface area contributed by atoms with Gasteiger partial charge in [0.1, 0.15) is 12.4 Å². The van der Waals surface area contributed by atoms with Crippen LogP contribution in [0, 0.1) is 6.92 Å². The van der Waals surface area contributed by atoms with Gasteiger partial charge in [-0.2, -0.15) is 0 Å². The molecule has 0 aliphatic rings. The Hall–Kier alpha value is -2.29. The molecule has 0 unspecified atom stereocenters. The predicted molar refractivity (Wildman–Crippen MR) is 110 cm³/mol. The Morgan fingerprint density at radius 2 is 1.37 bits per heavy atom. The van der Waals surface area contributed by atoms with Crippen molar-refractivity contribution in [2.24, 2.45) is 0 Å². The number of carbonyl (C=O) groups excluding carboxylic acids is 1. The minimum atomic E-state index is -0.249. The molecule has 0 bridgehead atoms. The first-order valence-corrected chi connectivity index (χ1v) is 9.46. The van der Waals surface area contributed by atoms with Crippen molar-refractivity contribution in [3.05, 3.63) is 64.2 Å². The van der Waals surface area contributed by atoms with Crippen molar-refractivity contribution in [3.8, 4) is 5.75 Å². The van der Waals surface area contributed by atoms with E-state index in [0.717, 1.165) is 22.3 Å². The molecule has 2 rings (SSSR count). The lowest BCUT2D eigenvalue weighted by molar-refractivity contribution is -0.144. The number of hydrogen-bond acceptors (Lipinski definition) is 3. The average Bonchev–Trinajstić information content (AvgIpc) is 2.54. The van der Waals surface area contributed by atoms with E-state index < -0.39 is 0 Å². The van der Waals surface area contributed by atoms with Crippen LogP contribution in [0.25, 0.3) is 0 Å². The van der Waals surface area contributed by atoms with Gasteiger partial charge in [0.2, 0.25) is 0 Å². The molecule has 0 heterocycles. The summed E-state index contributed by atoms with van der Waals surface area (Å²) in [5, 5.41) is 10.8. The summed E-state index contributed by atoms with van der Waals surface area (Å²) in [6, 6.07) is 11.8. The van der Waals surface area contributed by atoms with Crippen molar-refractivity contribution in [3.63, 3.8) is 0 Å². The molecule has 0 saturated heterocycles. The molecule has 0 aromatic heterocycles. The Balaban J connectivity index is 2.20. The van der Waals surface area contributed by atoms with Crippen LogP contribution in [0.5, 0.6) is 5.75 Å². The highest BCUT2D eigenvalue weighted by molar-refractivity contribution is 5.72. The van der Waals surface area contributed by atoms with Gasteiger partial charge in [-0.05, 0) is 52.1 Å². The standard InChI is InChI=1S/C24H32O3/c1-16-8-10-17(11-9-16)14-21(25)27-15-18-12-19(23(2,3)4)22(26)20(13-18)24(5,6)7/h8-13,26H,14-15H2,1-7H3. The van der Waals surface area contributed by atoms with Crippen molar-refractivity contribution in [2.45, 2.75) is 72.3 Å². The summed E-state index contributed by atoms with van der Waals surface area (Å²) in [5.41, 5.74) is 4.36. The molecule has 3 nitrogen and oxygen atoms in total. The van der Waals surface area contributed by atoms with Gasteiger partial charge in [-0.15, -0.1) is 0 Å². The summed E-state index contributed by atoms with van der Waals surface area (Å²) in [5.74, 6) is 0.0891. The molecule has 2 aromatic rings. The highest BCUT2D eigenvalue weighted by atomic mass is 16.5. The number of hydrogen-bond donors (Lipinski definition) is 1. The van der Waals surface area contributed by atoms with Crippen molar-refractivity contribution in [2.75, 3.05) is 0 Å². The van der Waals surface area contributed by atoms with Crippen molar-refractivity contribution < 1.29 is 14.6 Å². The van der Waals surface area contributed by atoms with E-state index in [1.165, 1.54) is 5.56 Å². The summed E-state index contributed by atoms with van der Waals surface area (Å²) in [6.45, 7) is 14.7. The van der Waals surface area contributed by atoms with Crippen LogP contribution in [-0.2, 0) is 33.4 Å². The maximum atomic E-state index is 12.2. The summed E-state index contributed by atoms with van der Waals surface area (Å²) in [4.78, 5) is 12.2. The minimum absolute atomic E-state index is 0.202. The molecule has 3 heteroatoms. The number of benzene rings is 2. The fourth-order valence-electron chi connectivity index (χ4n) is 3.01. The Labute approximate surface area is 163 Å². The largest absolute Gasteiger partial charge is 0.507 e. The molecule has 0 amide bonds. The van der Waals surface area contributed by atoms with Crippen LogP contribution in [0.2, 0.25) is 0 Å². The van der Waals surface area contributed by atoms with E-state index in [1.807, 2.05) is 43.3 Å². The molecule has 0 fully saturated rings. The lowest BCUT2D eigenvalue weighted by Gasteiger charge is -2.28. The van der Waals surface area contributed by atoms with E-state index in [-0.39, 0.29) is 29.8 Å². The highest BCUT2D eigenvalue weighted by Crippen LogP contribution is 2.39. The lowest BCUT2D eigenvalue weighted by Crippen LogP contribution is -2.18. The van der Waals surface area contributed by atoms with Gasteiger partial charge in [0.15, 0.2) is 0 Å². The van der Waals surface area contributed by atoms with Crippen LogP contribution in [0.15, 0.2) is 36.4 Å². The van der Waals surface area contributed by atoms with E-state index in [4.69, 9.17) is 4.74 Å². The highest BCUT2D eigenvalue weighted by Gasteiger charge is 2.26. The van der Waals surface area contributed by atoms with E-state index in [1.54, 1.807) is 0 Å². The second kappa shape index (κ2) is 7.75. The molecule has 2 aromatic carbocycles. The van der Waals surface area contributed by atoms with Gasteiger partial charge in [-0.1, -0.05) is 71.4 Å². The van der Waals surface area contributed by atoms with Gasteiger partial charge in [-0.3, -0.25) is 4.79 Å². The maximum absolute atomic E-state index is 12.2. The quantitative estimate of drug-likeness (QED) is 0.717. The third-order valence-electron chi connectivity index (χ3n) is 4.65. The molecular weight excluding hydrogens is 336 g/mol. The third-order valence-corrected chi connectivity index (χ3v) is 4.65. The molecule has 0 saturated carbocycles. The number of phenols is 1.